The molecule has 5 heteroatoms. The molecule has 0 radical (unpaired) electrons. The van der Waals surface area contributed by atoms with E-state index in [1.807, 2.05) is 11.5 Å². The molecule has 1 aromatic rings. The van der Waals surface area contributed by atoms with Gasteiger partial charge in [-0.3, -0.25) is 5.10 Å². The van der Waals surface area contributed by atoms with Crippen LogP contribution in [0.25, 0.3) is 0 Å². The molecule has 0 spiro atoms. The quantitative estimate of drug-likeness (QED) is 0.763. The molecule has 1 rings (SSSR count). The molecule has 0 amide bonds. The van der Waals surface area contributed by atoms with E-state index in [1.165, 1.54) is 0 Å². The number of hydrogen-bond acceptors (Lipinski definition) is 3. The summed E-state index contributed by atoms with van der Waals surface area (Å²) >= 11 is 5.14. The lowest BCUT2D eigenvalue weighted by Crippen LogP contribution is -2.16. The van der Waals surface area contributed by atoms with E-state index in [9.17, 15) is 0 Å². The second-order valence-electron chi connectivity index (χ2n) is 3.35. The number of nitrogens with one attached hydrogen (secondary N) is 1. The Labute approximate surface area is 89.3 Å². The summed E-state index contributed by atoms with van der Waals surface area (Å²) in [6.07, 6.45) is 2.18. The summed E-state index contributed by atoms with van der Waals surface area (Å²) in [6.45, 7) is 4.91. The van der Waals surface area contributed by atoms with Crippen LogP contribution in [-0.4, -0.2) is 28.0 Å². The van der Waals surface area contributed by atoms with Crippen LogP contribution < -0.4 is 0 Å². The van der Waals surface area contributed by atoms with E-state index in [0.717, 1.165) is 25.2 Å². The van der Waals surface area contributed by atoms with Crippen LogP contribution in [0, 0.1) is 4.77 Å². The van der Waals surface area contributed by atoms with Crippen LogP contribution in [0.3, 0.4) is 0 Å². The highest BCUT2D eigenvalue weighted by molar-refractivity contribution is 7.71. The zero-order chi connectivity index (χ0) is 10.6. The van der Waals surface area contributed by atoms with Gasteiger partial charge in [-0.15, -0.1) is 0 Å². The third kappa shape index (κ3) is 2.65. The van der Waals surface area contributed by atoms with Crippen LogP contribution in [0.2, 0.25) is 0 Å². The highest BCUT2D eigenvalue weighted by Gasteiger charge is 2.08. The number of rotatable bonds is 5. The van der Waals surface area contributed by atoms with Crippen molar-refractivity contribution < 1.29 is 4.74 Å². The van der Waals surface area contributed by atoms with Gasteiger partial charge in [0.05, 0.1) is 12.6 Å². The SMILES string of the molecule is CCCc1n[nH]c(=S)n1CC(C)OC. The summed E-state index contributed by atoms with van der Waals surface area (Å²) in [6, 6.07) is 0. The fraction of sp³-hybridized carbons (Fsp3) is 0.778. The molecule has 1 unspecified atom stereocenters. The molecule has 0 aliphatic carbocycles. The van der Waals surface area contributed by atoms with E-state index >= 15 is 0 Å². The van der Waals surface area contributed by atoms with E-state index in [0.29, 0.717) is 4.77 Å². The molecule has 14 heavy (non-hydrogen) atoms. The Morgan fingerprint density at radius 2 is 2.36 bits per heavy atom. The Morgan fingerprint density at radius 3 is 2.93 bits per heavy atom. The summed E-state index contributed by atoms with van der Waals surface area (Å²) in [5.41, 5.74) is 0. The van der Waals surface area contributed by atoms with Gasteiger partial charge in [-0.1, -0.05) is 6.92 Å². The highest BCUT2D eigenvalue weighted by Crippen LogP contribution is 2.04. The Morgan fingerprint density at radius 1 is 1.64 bits per heavy atom. The monoisotopic (exact) mass is 215 g/mol. The van der Waals surface area contributed by atoms with Crippen molar-refractivity contribution in [3.05, 3.63) is 10.6 Å². The number of hydrogen-bond donors (Lipinski definition) is 1. The lowest BCUT2D eigenvalue weighted by atomic mass is 10.3. The van der Waals surface area contributed by atoms with Gasteiger partial charge in [0.2, 0.25) is 0 Å². The third-order valence-electron chi connectivity index (χ3n) is 2.15. The fourth-order valence-corrected chi connectivity index (χ4v) is 1.51. The van der Waals surface area contributed by atoms with Crippen LogP contribution in [0.4, 0.5) is 0 Å². The molecular formula is C9H17N3OS. The molecule has 0 aliphatic heterocycles. The Bertz CT molecular complexity index is 331. The van der Waals surface area contributed by atoms with Gasteiger partial charge in [0.25, 0.3) is 0 Å². The first-order chi connectivity index (χ1) is 6.69. The van der Waals surface area contributed by atoms with E-state index in [4.69, 9.17) is 17.0 Å². The molecule has 1 N–H and O–H groups in total. The molecular weight excluding hydrogens is 198 g/mol. The predicted molar refractivity (Wildman–Crippen MR) is 57.9 cm³/mol. The van der Waals surface area contributed by atoms with Crippen LogP contribution in [0.5, 0.6) is 0 Å². The number of H-pyrrole nitrogens is 1. The average molecular weight is 215 g/mol. The lowest BCUT2D eigenvalue weighted by molar-refractivity contribution is 0.102. The maximum absolute atomic E-state index is 5.20. The predicted octanol–water partition coefficient (Wildman–Crippen LogP) is 1.93. The standard InChI is InChI=1S/C9H17N3OS/c1-4-5-8-10-11-9(14)12(8)6-7(2)13-3/h7H,4-6H2,1-3H3,(H,11,14). The zero-order valence-electron chi connectivity index (χ0n) is 8.91. The van der Waals surface area contributed by atoms with Gasteiger partial charge in [-0.2, -0.15) is 5.10 Å². The number of nitrogens with zero attached hydrogens (tertiary/aromatic N) is 2. The second-order valence-corrected chi connectivity index (χ2v) is 3.74. The van der Waals surface area contributed by atoms with E-state index < -0.39 is 0 Å². The molecule has 0 aliphatic rings. The largest absolute Gasteiger partial charge is 0.380 e. The topological polar surface area (TPSA) is 42.8 Å². The molecule has 1 aromatic heterocycles. The molecule has 0 saturated heterocycles. The Balaban J connectivity index is 2.82. The Hall–Kier alpha value is -0.680. The maximum Gasteiger partial charge on any atom is 0.195 e. The maximum atomic E-state index is 5.20. The molecule has 0 aromatic carbocycles. The molecule has 0 saturated carbocycles. The lowest BCUT2D eigenvalue weighted by Gasteiger charge is -2.11. The van der Waals surface area contributed by atoms with Crippen LogP contribution in [0.1, 0.15) is 26.1 Å². The van der Waals surface area contributed by atoms with Gasteiger partial charge in [-0.05, 0) is 25.6 Å². The smallest absolute Gasteiger partial charge is 0.195 e. The van der Waals surface area contributed by atoms with Gasteiger partial charge in [-0.25, -0.2) is 0 Å². The molecule has 4 nitrogen and oxygen atoms in total. The van der Waals surface area contributed by atoms with Crippen molar-refractivity contribution in [3.63, 3.8) is 0 Å². The first-order valence-corrected chi connectivity index (χ1v) is 5.26. The summed E-state index contributed by atoms with van der Waals surface area (Å²) < 4.78 is 7.89. The van der Waals surface area contributed by atoms with Crippen LogP contribution >= 0.6 is 12.2 Å². The van der Waals surface area contributed by atoms with Crippen molar-refractivity contribution in [2.24, 2.45) is 0 Å². The number of methoxy groups -OCH3 is 1. The van der Waals surface area contributed by atoms with Crippen molar-refractivity contribution in [1.29, 1.82) is 0 Å². The fourth-order valence-electron chi connectivity index (χ4n) is 1.28. The van der Waals surface area contributed by atoms with Crippen molar-refractivity contribution in [2.75, 3.05) is 7.11 Å². The zero-order valence-corrected chi connectivity index (χ0v) is 9.73. The van der Waals surface area contributed by atoms with Crippen LogP contribution in [-0.2, 0) is 17.7 Å². The number of aryl methyl sites for hydroxylation is 1. The van der Waals surface area contributed by atoms with Gasteiger partial charge < -0.3 is 9.30 Å². The van der Waals surface area contributed by atoms with Gasteiger partial charge >= 0.3 is 0 Å². The first-order valence-electron chi connectivity index (χ1n) is 4.85. The van der Waals surface area contributed by atoms with Gasteiger partial charge in [0.15, 0.2) is 4.77 Å². The number of ether oxygens (including phenoxy) is 1. The third-order valence-corrected chi connectivity index (χ3v) is 2.46. The summed E-state index contributed by atoms with van der Waals surface area (Å²) in [5, 5.41) is 6.99. The molecule has 80 valence electrons. The minimum Gasteiger partial charge on any atom is -0.380 e. The van der Waals surface area contributed by atoms with Crippen molar-refractivity contribution >= 4 is 12.2 Å². The summed E-state index contributed by atoms with van der Waals surface area (Å²) in [7, 11) is 1.70. The minimum atomic E-state index is 0.162. The number of aromatic nitrogens is 3. The molecule has 1 atom stereocenters. The normalized spacial score (nSPS) is 13.1. The molecule has 0 fully saturated rings. The van der Waals surface area contributed by atoms with E-state index in [2.05, 4.69) is 17.1 Å². The average Bonchev–Trinajstić information content (AvgIpc) is 2.50. The van der Waals surface area contributed by atoms with Gasteiger partial charge in [0, 0.05) is 13.5 Å². The molecule has 1 heterocycles. The number of aromatic amines is 1. The first kappa shape index (κ1) is 11.4. The van der Waals surface area contributed by atoms with Crippen molar-refractivity contribution in [2.45, 2.75) is 39.3 Å². The molecule has 0 bridgehead atoms. The van der Waals surface area contributed by atoms with Crippen molar-refractivity contribution in [1.82, 2.24) is 14.8 Å². The minimum absolute atomic E-state index is 0.162. The van der Waals surface area contributed by atoms with E-state index in [-0.39, 0.29) is 6.10 Å². The summed E-state index contributed by atoms with van der Waals surface area (Å²) in [5.74, 6) is 1.02. The van der Waals surface area contributed by atoms with Gasteiger partial charge in [0.1, 0.15) is 5.82 Å². The van der Waals surface area contributed by atoms with E-state index in [1.54, 1.807) is 7.11 Å². The van der Waals surface area contributed by atoms with Crippen LogP contribution in [0.15, 0.2) is 0 Å². The van der Waals surface area contributed by atoms with Crippen molar-refractivity contribution in [3.8, 4) is 0 Å². The Kier molecular flexibility index (Phi) is 4.28. The second kappa shape index (κ2) is 5.26. The summed E-state index contributed by atoms with van der Waals surface area (Å²) in [4.78, 5) is 0. The highest BCUT2D eigenvalue weighted by atomic mass is 32.1.